The molecular formula is C10H17N4O6+. The Morgan fingerprint density at radius 1 is 1.70 bits per heavy atom. The molecule has 1 unspecified atom stereocenters. The van der Waals surface area contributed by atoms with Gasteiger partial charge in [0.05, 0.1) is 6.54 Å². The van der Waals surface area contributed by atoms with Gasteiger partial charge < -0.3 is 15.1 Å². The number of imidazole rings is 1. The van der Waals surface area contributed by atoms with E-state index < -0.39 is 11.2 Å². The zero-order valence-electron chi connectivity index (χ0n) is 10.9. The van der Waals surface area contributed by atoms with Crippen LogP contribution in [-0.2, 0) is 16.1 Å². The van der Waals surface area contributed by atoms with E-state index in [0.717, 1.165) is 6.20 Å². The van der Waals surface area contributed by atoms with Crippen molar-refractivity contribution < 1.29 is 35.0 Å². The van der Waals surface area contributed by atoms with Gasteiger partial charge in [0.1, 0.15) is 19.4 Å². The minimum atomic E-state index is -1.19. The third-order valence-corrected chi connectivity index (χ3v) is 2.32. The fourth-order valence-corrected chi connectivity index (χ4v) is 1.48. The maximum absolute atomic E-state index is 11.0. The lowest BCUT2D eigenvalue weighted by atomic mass is 10.5. The Hall–Kier alpha value is -2.01. The molecule has 0 aliphatic rings. The van der Waals surface area contributed by atoms with E-state index >= 15 is 0 Å². The van der Waals surface area contributed by atoms with E-state index in [-0.39, 0.29) is 37.9 Å². The van der Waals surface area contributed by atoms with Gasteiger partial charge >= 0.3 is 5.97 Å². The maximum atomic E-state index is 11.0. The van der Waals surface area contributed by atoms with Gasteiger partial charge in [-0.15, -0.1) is 0 Å². The normalized spacial score (nSPS) is 13.3. The number of nitrogens with one attached hydrogen (secondary N) is 1. The summed E-state index contributed by atoms with van der Waals surface area (Å²) in [5, 5.41) is 37.0. The first kappa shape index (κ1) is 16.0. The fourth-order valence-electron chi connectivity index (χ4n) is 1.48. The Bertz CT molecular complexity index is 484. The van der Waals surface area contributed by atoms with Gasteiger partial charge in [-0.3, -0.25) is 14.6 Å². The number of nitrogens with zero attached hydrogens (tertiary/aromatic N) is 3. The minimum absolute atomic E-state index is 0.0156. The molecule has 0 amide bonds. The Morgan fingerprint density at radius 3 is 2.95 bits per heavy atom. The smallest absolute Gasteiger partial charge is 0.302 e. The third-order valence-electron chi connectivity index (χ3n) is 2.32. The highest BCUT2D eigenvalue weighted by atomic mass is 16.8. The second-order valence-corrected chi connectivity index (χ2v) is 3.81. The number of hydrogen-bond acceptors (Lipinski definition) is 7. The van der Waals surface area contributed by atoms with Crippen LogP contribution in [0.15, 0.2) is 6.20 Å². The number of esters is 1. The first-order chi connectivity index (χ1) is 9.45. The number of aliphatic hydroxyl groups excluding tert-OH is 1. The molecule has 112 valence electrons. The predicted octanol–water partition coefficient (Wildman–Crippen LogP) is -2.34. The summed E-state index contributed by atoms with van der Waals surface area (Å²) in [4.78, 5) is 14.6. The van der Waals surface area contributed by atoms with Crippen LogP contribution < -0.4 is 5.23 Å². The molecule has 0 aliphatic carbocycles. The summed E-state index contributed by atoms with van der Waals surface area (Å²) in [7, 11) is 0. The van der Waals surface area contributed by atoms with Gasteiger partial charge in [-0.2, -0.15) is 5.23 Å². The Kier molecular flexibility index (Phi) is 6.06. The van der Waals surface area contributed by atoms with Crippen LogP contribution >= 0.6 is 0 Å². The van der Waals surface area contributed by atoms with Gasteiger partial charge in [-0.25, -0.2) is 10.2 Å². The first-order valence-corrected chi connectivity index (χ1v) is 5.79. The molecule has 0 aromatic carbocycles. The molecule has 0 aliphatic heterocycles. The molecule has 1 rings (SSSR count). The monoisotopic (exact) mass is 289 g/mol. The van der Waals surface area contributed by atoms with Crippen LogP contribution in [0.3, 0.4) is 0 Å². The summed E-state index contributed by atoms with van der Waals surface area (Å²) in [6.07, 6.45) is 2.31. The van der Waals surface area contributed by atoms with Crippen LogP contribution in [0.5, 0.6) is 0 Å². The largest absolute Gasteiger partial charge is 0.594 e. The van der Waals surface area contributed by atoms with Crippen molar-refractivity contribution in [3.05, 3.63) is 17.2 Å². The Morgan fingerprint density at radius 2 is 2.40 bits per heavy atom. The summed E-state index contributed by atoms with van der Waals surface area (Å²) in [5.41, 5.74) is 0. The topological polar surface area (TPSA) is 135 Å². The average molecular weight is 289 g/mol. The lowest BCUT2D eigenvalue weighted by Crippen LogP contribution is -2.99. The van der Waals surface area contributed by atoms with Crippen molar-refractivity contribution in [2.45, 2.75) is 13.5 Å². The van der Waals surface area contributed by atoms with E-state index in [1.165, 1.54) is 17.7 Å². The van der Waals surface area contributed by atoms with Crippen LogP contribution in [0.25, 0.3) is 0 Å². The highest BCUT2D eigenvalue weighted by Crippen LogP contribution is 2.05. The van der Waals surface area contributed by atoms with Crippen LogP contribution in [0, 0.1) is 5.21 Å². The minimum Gasteiger partial charge on any atom is -0.594 e. The van der Waals surface area contributed by atoms with E-state index in [9.17, 15) is 15.2 Å². The van der Waals surface area contributed by atoms with Crippen molar-refractivity contribution in [3.63, 3.8) is 0 Å². The maximum Gasteiger partial charge on any atom is 0.302 e. The number of hydroxylamine groups is 1. The van der Waals surface area contributed by atoms with Gasteiger partial charge in [0.25, 0.3) is 12.0 Å². The van der Waals surface area contributed by atoms with Crippen LogP contribution in [-0.4, -0.2) is 61.8 Å². The second kappa shape index (κ2) is 7.55. The highest BCUT2D eigenvalue weighted by molar-refractivity contribution is 5.71. The molecule has 0 saturated heterocycles. The summed E-state index contributed by atoms with van der Waals surface area (Å²) < 4.78 is 6.72. The van der Waals surface area contributed by atoms with E-state index in [0.29, 0.717) is 4.74 Å². The van der Waals surface area contributed by atoms with Crippen LogP contribution in [0.1, 0.15) is 12.7 Å². The summed E-state index contributed by atoms with van der Waals surface area (Å²) in [6.45, 7) is 1.00. The number of aliphatic hydroxyl groups is 1. The van der Waals surface area contributed by atoms with Gasteiger partial charge in [0, 0.05) is 6.92 Å². The molecule has 1 aromatic heterocycles. The number of carbonyl (C=O) groups excluding carboxylic acids is 1. The number of aromatic nitrogens is 2. The molecule has 10 nitrogen and oxygen atoms in total. The molecule has 1 atom stereocenters. The molecule has 0 spiro atoms. The van der Waals surface area contributed by atoms with Crippen molar-refractivity contribution in [2.75, 3.05) is 19.8 Å². The van der Waals surface area contributed by atoms with Crippen LogP contribution in [0.2, 0.25) is 0 Å². The van der Waals surface area contributed by atoms with Crippen molar-refractivity contribution >= 4 is 18.0 Å². The molecule has 0 saturated carbocycles. The predicted molar refractivity (Wildman–Crippen MR) is 63.8 cm³/mol. The zero-order chi connectivity index (χ0) is 15.1. The first-order valence-electron chi connectivity index (χ1n) is 5.79. The Balaban J connectivity index is 2.93. The molecule has 0 radical (unpaired) electrons. The molecular weight excluding hydrogens is 272 g/mol. The number of hydrogen-bond donors (Lipinski definition) is 4. The van der Waals surface area contributed by atoms with E-state index in [2.05, 4.69) is 4.98 Å². The van der Waals surface area contributed by atoms with E-state index in [1.807, 2.05) is 0 Å². The second-order valence-electron chi connectivity index (χ2n) is 3.81. The third kappa shape index (κ3) is 4.59. The molecule has 0 fully saturated rings. The van der Waals surface area contributed by atoms with Crippen LogP contribution in [0.4, 0.5) is 5.82 Å². The zero-order valence-corrected chi connectivity index (χ0v) is 10.9. The molecule has 0 bridgehead atoms. The average Bonchev–Trinajstić information content (AvgIpc) is 2.72. The summed E-state index contributed by atoms with van der Waals surface area (Å²) in [6, 6.07) is 0. The number of quaternary nitrogens is 1. The van der Waals surface area contributed by atoms with Crippen molar-refractivity contribution in [1.29, 1.82) is 0 Å². The molecule has 1 heterocycles. The van der Waals surface area contributed by atoms with Crippen molar-refractivity contribution in [2.24, 2.45) is 0 Å². The molecule has 10 heteroatoms. The molecule has 4 N–H and O–H groups in total. The lowest BCUT2D eigenvalue weighted by Gasteiger charge is -2.13. The summed E-state index contributed by atoms with van der Waals surface area (Å²) in [5.74, 6) is -0.400. The number of rotatable bonds is 7. The Labute approximate surface area is 114 Å². The number of ether oxygens (including phenoxy) is 1. The fraction of sp³-hybridized carbons (Fsp3) is 0.500. The van der Waals surface area contributed by atoms with Gasteiger partial charge in [0.2, 0.25) is 12.4 Å². The van der Waals surface area contributed by atoms with Gasteiger partial charge in [-0.05, 0) is 4.74 Å². The molecule has 1 aromatic rings. The van der Waals surface area contributed by atoms with Crippen molar-refractivity contribution in [3.8, 4) is 0 Å². The van der Waals surface area contributed by atoms with E-state index in [1.54, 1.807) is 0 Å². The van der Waals surface area contributed by atoms with Crippen molar-refractivity contribution in [1.82, 2.24) is 9.55 Å². The van der Waals surface area contributed by atoms with Gasteiger partial charge in [0.15, 0.2) is 0 Å². The SMILES string of the molecule is CC(=O)OCCn1c([NH+]([O-])O)cnc1/C=[N+](\O)CCO. The van der Waals surface area contributed by atoms with E-state index in [4.69, 9.17) is 15.1 Å². The number of carbonyl (C=O) groups is 1. The quantitative estimate of drug-likeness (QED) is 0.145. The standard InChI is InChI=1S/C10H17N4O6/c1-8(16)20-5-3-13-9(7-12(17)2-4-15)11-6-10(13)14(18)19/h6-7,14-15,17-18H,2-5H2,1H3/q+1. The molecule has 20 heavy (non-hydrogen) atoms. The van der Waals surface area contributed by atoms with Gasteiger partial charge in [-0.1, -0.05) is 0 Å². The lowest BCUT2D eigenvalue weighted by molar-refractivity contribution is -0.994. The summed E-state index contributed by atoms with van der Waals surface area (Å²) >= 11 is 0. The highest BCUT2D eigenvalue weighted by Gasteiger charge is 2.17.